The van der Waals surface area contributed by atoms with Crippen LogP contribution < -0.4 is 16.3 Å². The van der Waals surface area contributed by atoms with Crippen LogP contribution in [0.5, 0.6) is 5.75 Å². The maximum atomic E-state index is 15.1. The van der Waals surface area contributed by atoms with Gasteiger partial charge in [0.15, 0.2) is 5.65 Å². The van der Waals surface area contributed by atoms with E-state index in [2.05, 4.69) is 16.5 Å². The van der Waals surface area contributed by atoms with Gasteiger partial charge in [-0.1, -0.05) is 38.1 Å². The lowest BCUT2D eigenvalue weighted by Gasteiger charge is -2.44. The Hall–Kier alpha value is -4.51. The molecular weight excluding hydrogens is 573 g/mol. The van der Waals surface area contributed by atoms with E-state index in [9.17, 15) is 14.7 Å². The molecule has 0 bridgehead atoms. The average Bonchev–Trinajstić information content (AvgIpc) is 2.92. The van der Waals surface area contributed by atoms with Gasteiger partial charge in [0, 0.05) is 25.2 Å². The number of carbonyl (C=O) groups excluding carboxylic acids is 1. The molecule has 43 heavy (non-hydrogen) atoms. The minimum absolute atomic E-state index is 0.0367. The number of benzene rings is 1. The average molecular weight is 606 g/mol. The van der Waals surface area contributed by atoms with E-state index in [1.165, 1.54) is 28.8 Å². The van der Waals surface area contributed by atoms with Gasteiger partial charge in [-0.3, -0.25) is 4.79 Å². The molecule has 12 heteroatoms. The molecule has 0 unspecified atom stereocenters. The summed E-state index contributed by atoms with van der Waals surface area (Å²) in [6, 6.07) is 6.70. The molecule has 1 aliphatic heterocycles. The number of carbonyl (C=O) groups is 1. The predicted octanol–water partition coefficient (Wildman–Crippen LogP) is 4.97. The molecule has 2 atom stereocenters. The van der Waals surface area contributed by atoms with Gasteiger partial charge in [-0.2, -0.15) is 4.98 Å². The summed E-state index contributed by atoms with van der Waals surface area (Å²) in [5.41, 5.74) is 7.05. The molecule has 1 amide bonds. The summed E-state index contributed by atoms with van der Waals surface area (Å²) < 4.78 is 16.4. The number of anilines is 2. The topological polar surface area (TPSA) is 130 Å². The number of pyridine rings is 2. The van der Waals surface area contributed by atoms with Crippen molar-refractivity contribution in [2.24, 2.45) is 0 Å². The molecule has 1 aliphatic rings. The zero-order valence-electron chi connectivity index (χ0n) is 24.6. The molecule has 0 aliphatic carbocycles. The van der Waals surface area contributed by atoms with Crippen LogP contribution in [0.15, 0.2) is 47.8 Å². The molecule has 10 nitrogen and oxygen atoms in total. The van der Waals surface area contributed by atoms with E-state index in [4.69, 9.17) is 22.3 Å². The van der Waals surface area contributed by atoms with Crippen molar-refractivity contribution >= 4 is 40.2 Å². The summed E-state index contributed by atoms with van der Waals surface area (Å²) in [7, 11) is 0. The van der Waals surface area contributed by atoms with Crippen LogP contribution in [0.1, 0.15) is 44.9 Å². The van der Waals surface area contributed by atoms with Crippen LogP contribution in [-0.2, 0) is 4.79 Å². The largest absolute Gasteiger partial charge is 0.507 e. The SMILES string of the molecule is C=CC(=O)N1[C@H](C)CN(c2nc(=O)n(-c3c(C)cc(N)nc3C(C)C)c3nc(-c4c(O)cccc4F)c(Cl)cc23)C[C@@H]1C. The second-order valence-electron chi connectivity index (χ2n) is 11.2. The third kappa shape index (κ3) is 5.18. The Morgan fingerprint density at radius 1 is 1.19 bits per heavy atom. The highest BCUT2D eigenvalue weighted by molar-refractivity contribution is 6.34. The van der Waals surface area contributed by atoms with Crippen molar-refractivity contribution in [1.82, 2.24) is 24.4 Å². The molecule has 1 fully saturated rings. The molecule has 3 N–H and O–H groups in total. The van der Waals surface area contributed by atoms with Crippen molar-refractivity contribution in [3.05, 3.63) is 75.6 Å². The predicted molar refractivity (Wildman–Crippen MR) is 166 cm³/mol. The van der Waals surface area contributed by atoms with Crippen molar-refractivity contribution < 1.29 is 14.3 Å². The number of phenols is 1. The highest BCUT2D eigenvalue weighted by atomic mass is 35.5. The second-order valence-corrected chi connectivity index (χ2v) is 11.6. The number of fused-ring (bicyclic) bond motifs is 1. The van der Waals surface area contributed by atoms with Gasteiger partial charge in [0.25, 0.3) is 0 Å². The summed E-state index contributed by atoms with van der Waals surface area (Å²) in [5, 5.41) is 11.1. The van der Waals surface area contributed by atoms with Crippen molar-refractivity contribution in [1.29, 1.82) is 0 Å². The van der Waals surface area contributed by atoms with Crippen LogP contribution >= 0.6 is 11.6 Å². The number of hydrogen-bond acceptors (Lipinski definition) is 8. The summed E-state index contributed by atoms with van der Waals surface area (Å²) in [5.74, 6) is -0.759. The standard InChI is InChI=1S/C31H33ClFN7O3/c1-7-24(42)39-17(5)13-38(14-18(39)6)29-19-12-20(32)27(25-21(33)9-8-10-22(25)41)36-30(19)40(31(43)37-29)28-16(4)11-23(34)35-26(28)15(2)3/h7-12,15,17-18,41H,1,13-14H2,2-6H3,(H2,34,35)/t17-,18+. The van der Waals surface area contributed by atoms with E-state index < -0.39 is 11.5 Å². The molecule has 224 valence electrons. The van der Waals surface area contributed by atoms with Crippen molar-refractivity contribution in [2.45, 2.75) is 52.6 Å². The third-order valence-corrected chi connectivity index (χ3v) is 7.97. The fourth-order valence-electron chi connectivity index (χ4n) is 5.92. The Labute approximate surface area is 253 Å². The van der Waals surface area contributed by atoms with E-state index in [1.54, 1.807) is 17.0 Å². The second kappa shape index (κ2) is 11.3. The Kier molecular flexibility index (Phi) is 7.87. The molecule has 3 aromatic heterocycles. The summed E-state index contributed by atoms with van der Waals surface area (Å²) in [6.07, 6.45) is 1.29. The first kappa shape index (κ1) is 30.0. The Morgan fingerprint density at radius 2 is 1.86 bits per heavy atom. The number of aromatic hydroxyl groups is 1. The number of rotatable bonds is 5. The normalized spacial score (nSPS) is 17.1. The third-order valence-electron chi connectivity index (χ3n) is 7.68. The minimum Gasteiger partial charge on any atom is -0.507 e. The van der Waals surface area contributed by atoms with Crippen LogP contribution in [-0.4, -0.2) is 60.6 Å². The number of aryl methyl sites for hydroxylation is 1. The number of nitrogen functional groups attached to an aromatic ring is 1. The maximum absolute atomic E-state index is 15.1. The molecular formula is C31H33ClFN7O3. The summed E-state index contributed by atoms with van der Waals surface area (Å²) >= 11 is 6.74. The van der Waals surface area contributed by atoms with Gasteiger partial charge in [0.2, 0.25) is 5.91 Å². The van der Waals surface area contributed by atoms with Gasteiger partial charge >= 0.3 is 5.69 Å². The summed E-state index contributed by atoms with van der Waals surface area (Å²) in [4.78, 5) is 44.1. The van der Waals surface area contributed by atoms with Crippen LogP contribution in [0, 0.1) is 12.7 Å². The number of nitrogens with two attached hydrogens (primary N) is 1. The lowest BCUT2D eigenvalue weighted by Crippen LogP contribution is -2.58. The minimum atomic E-state index is -0.726. The molecule has 1 saturated heterocycles. The first-order valence-electron chi connectivity index (χ1n) is 13.9. The first-order chi connectivity index (χ1) is 20.3. The van der Waals surface area contributed by atoms with E-state index in [0.717, 1.165) is 0 Å². The van der Waals surface area contributed by atoms with E-state index in [0.29, 0.717) is 47.1 Å². The van der Waals surface area contributed by atoms with E-state index in [-0.39, 0.29) is 51.6 Å². The van der Waals surface area contributed by atoms with Gasteiger partial charge in [-0.05, 0) is 62.6 Å². The summed E-state index contributed by atoms with van der Waals surface area (Å²) in [6.45, 7) is 13.9. The number of piperazine rings is 1. The van der Waals surface area contributed by atoms with Crippen LogP contribution in [0.2, 0.25) is 5.02 Å². The molecule has 0 spiro atoms. The highest BCUT2D eigenvalue weighted by Crippen LogP contribution is 2.39. The highest BCUT2D eigenvalue weighted by Gasteiger charge is 2.34. The molecule has 5 rings (SSSR count). The smallest absolute Gasteiger partial charge is 0.355 e. The number of hydrogen-bond donors (Lipinski definition) is 2. The van der Waals surface area contributed by atoms with E-state index >= 15 is 4.39 Å². The molecule has 4 aromatic rings. The number of halogens is 2. The number of phenolic OH excluding ortho intramolecular Hbond substituents is 1. The van der Waals surface area contributed by atoms with Crippen molar-refractivity contribution in [2.75, 3.05) is 23.7 Å². The van der Waals surface area contributed by atoms with Crippen molar-refractivity contribution in [3.63, 3.8) is 0 Å². The maximum Gasteiger partial charge on any atom is 0.355 e. The van der Waals surface area contributed by atoms with Gasteiger partial charge in [-0.25, -0.2) is 23.7 Å². The molecule has 1 aromatic carbocycles. The van der Waals surface area contributed by atoms with Crippen LogP contribution in [0.25, 0.3) is 28.0 Å². The van der Waals surface area contributed by atoms with Crippen LogP contribution in [0.3, 0.4) is 0 Å². The molecule has 0 saturated carbocycles. The van der Waals surface area contributed by atoms with Crippen LogP contribution in [0.4, 0.5) is 16.0 Å². The van der Waals surface area contributed by atoms with Gasteiger partial charge in [-0.15, -0.1) is 0 Å². The fraction of sp³-hybridized carbons (Fsp3) is 0.323. The number of amides is 1. The van der Waals surface area contributed by atoms with Gasteiger partial charge in [0.1, 0.15) is 23.2 Å². The zero-order chi connectivity index (χ0) is 31.3. The number of nitrogens with zero attached hydrogens (tertiary/aromatic N) is 6. The lowest BCUT2D eigenvalue weighted by atomic mass is 10.0. The van der Waals surface area contributed by atoms with Gasteiger partial charge in [0.05, 0.1) is 33.0 Å². The van der Waals surface area contributed by atoms with Gasteiger partial charge < -0.3 is 20.6 Å². The zero-order valence-corrected chi connectivity index (χ0v) is 25.4. The fourth-order valence-corrected chi connectivity index (χ4v) is 6.16. The van der Waals surface area contributed by atoms with E-state index in [1.807, 2.05) is 39.5 Å². The quantitative estimate of drug-likeness (QED) is 0.305. The Bertz CT molecular complexity index is 1810. The molecule has 0 radical (unpaired) electrons. The Balaban J connectivity index is 1.85. The van der Waals surface area contributed by atoms with Crippen molar-refractivity contribution in [3.8, 4) is 22.7 Å². The Morgan fingerprint density at radius 3 is 2.47 bits per heavy atom. The monoisotopic (exact) mass is 605 g/mol. The number of aromatic nitrogens is 4. The molecule has 4 heterocycles. The lowest BCUT2D eigenvalue weighted by molar-refractivity contribution is -0.130. The first-order valence-corrected chi connectivity index (χ1v) is 14.3.